The van der Waals surface area contributed by atoms with Crippen LogP contribution in [0.4, 0.5) is 0 Å². The lowest BCUT2D eigenvalue weighted by molar-refractivity contribution is 0.213. The summed E-state index contributed by atoms with van der Waals surface area (Å²) in [6.07, 6.45) is 5.39. The SMILES string of the molecule is CCC(CNC1CC(C)CC(C)C1)N(C)C. The highest BCUT2D eigenvalue weighted by molar-refractivity contribution is 4.81. The highest BCUT2D eigenvalue weighted by atomic mass is 15.1. The molecule has 1 rings (SSSR count). The second kappa shape index (κ2) is 6.61. The predicted octanol–water partition coefficient (Wildman–Crippen LogP) is 2.74. The molecule has 16 heavy (non-hydrogen) atoms. The van der Waals surface area contributed by atoms with Gasteiger partial charge in [0, 0.05) is 18.6 Å². The van der Waals surface area contributed by atoms with Crippen LogP contribution in [0.25, 0.3) is 0 Å². The molecule has 96 valence electrons. The zero-order valence-corrected chi connectivity index (χ0v) is 11.8. The Morgan fingerprint density at radius 3 is 2.12 bits per heavy atom. The van der Waals surface area contributed by atoms with Crippen LogP contribution in [0, 0.1) is 11.8 Å². The Bertz CT molecular complexity index is 181. The van der Waals surface area contributed by atoms with Crippen LogP contribution in [0.1, 0.15) is 46.5 Å². The van der Waals surface area contributed by atoms with Crippen molar-refractivity contribution in [3.05, 3.63) is 0 Å². The third-order valence-electron chi connectivity index (χ3n) is 4.02. The Kier molecular flexibility index (Phi) is 5.77. The molecule has 0 amide bonds. The van der Waals surface area contributed by atoms with Crippen LogP contribution < -0.4 is 5.32 Å². The van der Waals surface area contributed by atoms with E-state index in [1.54, 1.807) is 0 Å². The van der Waals surface area contributed by atoms with Gasteiger partial charge >= 0.3 is 0 Å². The maximum Gasteiger partial charge on any atom is 0.0212 e. The lowest BCUT2D eigenvalue weighted by atomic mass is 9.80. The molecule has 3 atom stereocenters. The molecule has 0 bridgehead atoms. The largest absolute Gasteiger partial charge is 0.312 e. The molecule has 0 aliphatic heterocycles. The van der Waals surface area contributed by atoms with Crippen LogP contribution in [-0.2, 0) is 0 Å². The van der Waals surface area contributed by atoms with Crippen molar-refractivity contribution in [2.45, 2.75) is 58.5 Å². The van der Waals surface area contributed by atoms with E-state index in [9.17, 15) is 0 Å². The first-order valence-corrected chi connectivity index (χ1v) is 6.92. The van der Waals surface area contributed by atoms with E-state index in [-0.39, 0.29) is 0 Å². The minimum atomic E-state index is 0.688. The van der Waals surface area contributed by atoms with E-state index in [0.717, 1.165) is 24.4 Å². The molecule has 3 unspecified atom stereocenters. The predicted molar refractivity (Wildman–Crippen MR) is 71.7 cm³/mol. The quantitative estimate of drug-likeness (QED) is 0.775. The number of nitrogens with zero attached hydrogens (tertiary/aromatic N) is 1. The Morgan fingerprint density at radius 2 is 1.69 bits per heavy atom. The van der Waals surface area contributed by atoms with Gasteiger partial charge in [-0.1, -0.05) is 20.8 Å². The molecule has 0 spiro atoms. The molecule has 2 heteroatoms. The summed E-state index contributed by atoms with van der Waals surface area (Å²) in [4.78, 5) is 2.34. The van der Waals surface area contributed by atoms with Crippen molar-refractivity contribution in [3.8, 4) is 0 Å². The van der Waals surface area contributed by atoms with Gasteiger partial charge < -0.3 is 10.2 Å². The molecular formula is C14H30N2. The van der Waals surface area contributed by atoms with Gasteiger partial charge in [0.1, 0.15) is 0 Å². The monoisotopic (exact) mass is 226 g/mol. The fourth-order valence-corrected chi connectivity index (χ4v) is 3.11. The minimum absolute atomic E-state index is 0.688. The van der Waals surface area contributed by atoms with Gasteiger partial charge in [-0.25, -0.2) is 0 Å². The fraction of sp³-hybridized carbons (Fsp3) is 1.00. The van der Waals surface area contributed by atoms with Crippen molar-refractivity contribution < 1.29 is 0 Å². The number of hydrogen-bond donors (Lipinski definition) is 1. The summed E-state index contributed by atoms with van der Waals surface area (Å²) >= 11 is 0. The van der Waals surface area contributed by atoms with Gasteiger partial charge in [-0.15, -0.1) is 0 Å². The smallest absolute Gasteiger partial charge is 0.0212 e. The normalized spacial score (nSPS) is 33.0. The first-order valence-electron chi connectivity index (χ1n) is 6.92. The van der Waals surface area contributed by atoms with Crippen LogP contribution >= 0.6 is 0 Å². The zero-order chi connectivity index (χ0) is 12.1. The molecule has 0 aromatic rings. The van der Waals surface area contributed by atoms with Gasteiger partial charge in [0.25, 0.3) is 0 Å². The van der Waals surface area contributed by atoms with Crippen LogP contribution in [0.15, 0.2) is 0 Å². The molecule has 1 aliphatic rings. The van der Waals surface area contributed by atoms with E-state index in [0.29, 0.717) is 6.04 Å². The summed E-state index contributed by atoms with van der Waals surface area (Å²) in [5.41, 5.74) is 0. The maximum atomic E-state index is 3.77. The topological polar surface area (TPSA) is 15.3 Å². The number of nitrogens with one attached hydrogen (secondary N) is 1. The zero-order valence-electron chi connectivity index (χ0n) is 11.8. The highest BCUT2D eigenvalue weighted by Gasteiger charge is 2.24. The van der Waals surface area contributed by atoms with Gasteiger partial charge in [0.15, 0.2) is 0 Å². The molecule has 0 aromatic carbocycles. The molecular weight excluding hydrogens is 196 g/mol. The van der Waals surface area contributed by atoms with Gasteiger partial charge in [-0.2, -0.15) is 0 Å². The summed E-state index contributed by atoms with van der Waals surface area (Å²) in [6, 6.07) is 1.44. The summed E-state index contributed by atoms with van der Waals surface area (Å²) in [7, 11) is 4.37. The maximum absolute atomic E-state index is 3.77. The molecule has 0 aromatic heterocycles. The summed E-state index contributed by atoms with van der Waals surface area (Å²) in [5, 5.41) is 3.77. The Balaban J connectivity index is 2.30. The Morgan fingerprint density at radius 1 is 1.12 bits per heavy atom. The molecule has 0 heterocycles. The first kappa shape index (κ1) is 14.0. The average molecular weight is 226 g/mol. The third-order valence-corrected chi connectivity index (χ3v) is 4.02. The van der Waals surface area contributed by atoms with Crippen molar-refractivity contribution in [3.63, 3.8) is 0 Å². The molecule has 1 saturated carbocycles. The molecule has 0 saturated heterocycles. The van der Waals surface area contributed by atoms with Gasteiger partial charge in [-0.05, 0) is 51.6 Å². The molecule has 1 fully saturated rings. The Labute approximate surface area is 102 Å². The third kappa shape index (κ3) is 4.42. The summed E-state index contributed by atoms with van der Waals surface area (Å²) < 4.78 is 0. The standard InChI is InChI=1S/C14H30N2/c1-6-14(16(4)5)10-15-13-8-11(2)7-12(3)9-13/h11-15H,6-10H2,1-5H3. The van der Waals surface area contributed by atoms with E-state index in [1.165, 1.54) is 25.7 Å². The summed E-state index contributed by atoms with van der Waals surface area (Å²) in [5.74, 6) is 1.81. The molecule has 1 aliphatic carbocycles. The van der Waals surface area contributed by atoms with Crippen LogP contribution in [-0.4, -0.2) is 37.6 Å². The van der Waals surface area contributed by atoms with E-state index >= 15 is 0 Å². The van der Waals surface area contributed by atoms with Gasteiger partial charge in [0.2, 0.25) is 0 Å². The molecule has 1 N–H and O–H groups in total. The van der Waals surface area contributed by atoms with E-state index in [4.69, 9.17) is 0 Å². The van der Waals surface area contributed by atoms with Crippen molar-refractivity contribution in [1.29, 1.82) is 0 Å². The van der Waals surface area contributed by atoms with Crippen molar-refractivity contribution in [1.82, 2.24) is 10.2 Å². The van der Waals surface area contributed by atoms with E-state index in [2.05, 4.69) is 45.1 Å². The van der Waals surface area contributed by atoms with Crippen LogP contribution in [0.5, 0.6) is 0 Å². The number of likely N-dealkylation sites (N-methyl/N-ethyl adjacent to an activating group) is 1. The molecule has 0 radical (unpaired) electrons. The lowest BCUT2D eigenvalue weighted by Crippen LogP contribution is -2.44. The first-order chi connectivity index (χ1) is 7.52. The van der Waals surface area contributed by atoms with E-state index in [1.807, 2.05) is 0 Å². The highest BCUT2D eigenvalue weighted by Crippen LogP contribution is 2.28. The lowest BCUT2D eigenvalue weighted by Gasteiger charge is -2.34. The second-order valence-corrected chi connectivity index (χ2v) is 6.05. The summed E-state index contributed by atoms with van der Waals surface area (Å²) in [6.45, 7) is 8.22. The van der Waals surface area contributed by atoms with Crippen LogP contribution in [0.3, 0.4) is 0 Å². The molecule has 2 nitrogen and oxygen atoms in total. The van der Waals surface area contributed by atoms with Crippen molar-refractivity contribution in [2.75, 3.05) is 20.6 Å². The van der Waals surface area contributed by atoms with E-state index < -0.39 is 0 Å². The Hall–Kier alpha value is -0.0800. The second-order valence-electron chi connectivity index (χ2n) is 6.05. The minimum Gasteiger partial charge on any atom is -0.312 e. The average Bonchev–Trinajstić information content (AvgIpc) is 2.16. The van der Waals surface area contributed by atoms with Gasteiger partial charge in [-0.3, -0.25) is 0 Å². The fourth-order valence-electron chi connectivity index (χ4n) is 3.11. The number of hydrogen-bond acceptors (Lipinski definition) is 2. The van der Waals surface area contributed by atoms with Crippen molar-refractivity contribution in [2.24, 2.45) is 11.8 Å². The number of rotatable bonds is 5. The van der Waals surface area contributed by atoms with Gasteiger partial charge in [0.05, 0.1) is 0 Å². The van der Waals surface area contributed by atoms with Crippen molar-refractivity contribution >= 4 is 0 Å². The van der Waals surface area contributed by atoms with Crippen LogP contribution in [0.2, 0.25) is 0 Å².